The second-order valence-corrected chi connectivity index (χ2v) is 8.08. The summed E-state index contributed by atoms with van der Waals surface area (Å²) in [4.78, 5) is 27.6. The smallest absolute Gasteiger partial charge is 0.349 e. The molecule has 32 heavy (non-hydrogen) atoms. The molecule has 7 nitrogen and oxygen atoms in total. The lowest BCUT2D eigenvalue weighted by atomic mass is 10.2. The number of ether oxygens (including phenoxy) is 2. The predicted molar refractivity (Wildman–Crippen MR) is 128 cm³/mol. The maximum Gasteiger partial charge on any atom is 0.349 e. The molecule has 9 heteroatoms. The molecule has 4 rings (SSSR count). The predicted octanol–water partition coefficient (Wildman–Crippen LogP) is 4.58. The van der Waals surface area contributed by atoms with Crippen molar-refractivity contribution in [1.29, 1.82) is 0 Å². The van der Waals surface area contributed by atoms with Crippen LogP contribution in [0.5, 0.6) is 11.5 Å². The molecule has 0 aliphatic carbocycles. The Kier molecular flexibility index (Phi) is 6.43. The fraction of sp³-hybridized carbons (Fsp3) is 0.0870. The van der Waals surface area contributed by atoms with Gasteiger partial charge in [-0.25, -0.2) is 4.79 Å². The molecule has 0 aliphatic rings. The van der Waals surface area contributed by atoms with Gasteiger partial charge in [-0.1, -0.05) is 35.9 Å². The third-order valence-corrected chi connectivity index (χ3v) is 5.50. The van der Waals surface area contributed by atoms with Gasteiger partial charge in [0.1, 0.15) is 6.61 Å². The van der Waals surface area contributed by atoms with E-state index in [1.54, 1.807) is 48.5 Å². The first kappa shape index (κ1) is 21.9. The number of rotatable bonds is 6. The van der Waals surface area contributed by atoms with Crippen LogP contribution in [0.4, 0.5) is 0 Å². The van der Waals surface area contributed by atoms with Gasteiger partial charge in [0.25, 0.3) is 5.56 Å². The molecule has 4 aromatic rings. The number of H-pyrrole nitrogens is 1. The van der Waals surface area contributed by atoms with E-state index in [0.717, 1.165) is 10.2 Å². The number of methoxy groups -OCH3 is 1. The number of nitrogens with one attached hydrogen (secondary N) is 1. The molecule has 3 aromatic carbocycles. The number of hydrogen-bond acceptors (Lipinski definition) is 5. The first-order valence-electron chi connectivity index (χ1n) is 9.49. The number of halogens is 2. The van der Waals surface area contributed by atoms with E-state index in [0.29, 0.717) is 44.1 Å². The summed E-state index contributed by atoms with van der Waals surface area (Å²) in [7, 11) is 1.52. The lowest BCUT2D eigenvalue weighted by Crippen LogP contribution is -2.32. The van der Waals surface area contributed by atoms with Gasteiger partial charge in [0.2, 0.25) is 0 Å². The maximum atomic E-state index is 12.6. The molecule has 0 radical (unpaired) electrons. The zero-order chi connectivity index (χ0) is 22.7. The summed E-state index contributed by atoms with van der Waals surface area (Å²) in [5, 5.41) is 5.10. The zero-order valence-electron chi connectivity index (χ0n) is 16.8. The zero-order valence-corrected chi connectivity index (χ0v) is 19.2. The van der Waals surface area contributed by atoms with E-state index in [9.17, 15) is 9.59 Å². The first-order chi connectivity index (χ1) is 15.5. The molecule has 162 valence electrons. The van der Waals surface area contributed by atoms with Gasteiger partial charge in [0, 0.05) is 5.02 Å². The first-order valence-corrected chi connectivity index (χ1v) is 10.7. The average Bonchev–Trinajstić information content (AvgIpc) is 2.79. The molecule has 0 aliphatic heterocycles. The van der Waals surface area contributed by atoms with Crippen molar-refractivity contribution in [2.24, 2.45) is 5.10 Å². The van der Waals surface area contributed by atoms with Crippen LogP contribution in [-0.2, 0) is 6.61 Å². The van der Waals surface area contributed by atoms with E-state index < -0.39 is 11.2 Å². The van der Waals surface area contributed by atoms with E-state index in [4.69, 9.17) is 21.1 Å². The van der Waals surface area contributed by atoms with Crippen molar-refractivity contribution >= 4 is 44.6 Å². The molecule has 0 fully saturated rings. The fourth-order valence-electron chi connectivity index (χ4n) is 3.07. The third kappa shape index (κ3) is 4.61. The van der Waals surface area contributed by atoms with Crippen LogP contribution in [-0.4, -0.2) is 23.0 Å². The third-order valence-electron chi connectivity index (χ3n) is 4.65. The molecule has 0 amide bonds. The van der Waals surface area contributed by atoms with Gasteiger partial charge in [-0.15, -0.1) is 4.68 Å². The molecule has 0 atom stereocenters. The standard InChI is InChI=1S/C23H17BrClN3O4/c1-31-20-11-15(10-18(24)21(20)32-13-14-6-8-16(25)9-7-14)12-26-28-22(29)17-4-2-3-5-19(17)27-23(28)30/h2-12H,13H2,1H3,(H,27,30). The summed E-state index contributed by atoms with van der Waals surface area (Å²) >= 11 is 9.41. The highest BCUT2D eigenvalue weighted by atomic mass is 79.9. The molecule has 0 saturated heterocycles. The van der Waals surface area contributed by atoms with Gasteiger partial charge in [-0.2, -0.15) is 5.10 Å². The Balaban J connectivity index is 1.62. The molecule has 0 bridgehead atoms. The SMILES string of the molecule is COc1cc(C=Nn2c(=O)[nH]c3ccccc3c2=O)cc(Br)c1OCc1ccc(Cl)cc1. The molecule has 1 heterocycles. The maximum absolute atomic E-state index is 12.6. The summed E-state index contributed by atoms with van der Waals surface area (Å²) in [6.45, 7) is 0.321. The Labute approximate surface area is 196 Å². The number of aromatic nitrogens is 2. The highest BCUT2D eigenvalue weighted by Gasteiger charge is 2.12. The minimum atomic E-state index is -0.626. The van der Waals surface area contributed by atoms with Crippen LogP contribution in [0.25, 0.3) is 10.9 Å². The lowest BCUT2D eigenvalue weighted by Gasteiger charge is -2.13. The monoisotopic (exact) mass is 513 g/mol. The van der Waals surface area contributed by atoms with Crippen LogP contribution >= 0.6 is 27.5 Å². The van der Waals surface area contributed by atoms with Gasteiger partial charge < -0.3 is 14.5 Å². The topological polar surface area (TPSA) is 85.7 Å². The van der Waals surface area contributed by atoms with Gasteiger partial charge in [-0.3, -0.25) is 4.79 Å². The molecule has 0 saturated carbocycles. The second-order valence-electron chi connectivity index (χ2n) is 6.79. The summed E-state index contributed by atoms with van der Waals surface area (Å²) in [6.07, 6.45) is 1.40. The molecule has 0 spiro atoms. The van der Waals surface area contributed by atoms with Crippen molar-refractivity contribution in [3.05, 3.63) is 102 Å². The van der Waals surface area contributed by atoms with Crippen molar-refractivity contribution < 1.29 is 9.47 Å². The van der Waals surface area contributed by atoms with Crippen molar-refractivity contribution in [2.75, 3.05) is 7.11 Å². The van der Waals surface area contributed by atoms with Crippen LogP contribution in [0.1, 0.15) is 11.1 Å². The molecule has 1 N–H and O–H groups in total. The Morgan fingerprint density at radius 3 is 2.62 bits per heavy atom. The van der Waals surface area contributed by atoms with Crippen LogP contribution in [0.2, 0.25) is 5.02 Å². The summed E-state index contributed by atoms with van der Waals surface area (Å²) in [5.41, 5.74) is 0.880. The number of para-hydroxylation sites is 1. The van der Waals surface area contributed by atoms with Crippen molar-refractivity contribution in [1.82, 2.24) is 9.66 Å². The number of fused-ring (bicyclic) bond motifs is 1. The number of hydrogen-bond donors (Lipinski definition) is 1. The molecular formula is C23H17BrClN3O4. The Bertz CT molecular complexity index is 1430. The van der Waals surface area contributed by atoms with Gasteiger partial charge in [0.05, 0.1) is 28.7 Å². The number of aromatic amines is 1. The highest BCUT2D eigenvalue weighted by Crippen LogP contribution is 2.37. The van der Waals surface area contributed by atoms with Gasteiger partial charge >= 0.3 is 5.69 Å². The second kappa shape index (κ2) is 9.42. The molecule has 1 aromatic heterocycles. The van der Waals surface area contributed by atoms with Crippen LogP contribution in [0.3, 0.4) is 0 Å². The summed E-state index contributed by atoms with van der Waals surface area (Å²) in [5.74, 6) is 0.981. The minimum Gasteiger partial charge on any atom is -0.493 e. The Hall–Kier alpha value is -3.36. The van der Waals surface area contributed by atoms with Crippen molar-refractivity contribution in [3.63, 3.8) is 0 Å². The van der Waals surface area contributed by atoms with Gasteiger partial charge in [-0.05, 0) is 63.5 Å². The van der Waals surface area contributed by atoms with E-state index in [2.05, 4.69) is 26.0 Å². The van der Waals surface area contributed by atoms with E-state index in [1.807, 2.05) is 12.1 Å². The molecular weight excluding hydrogens is 498 g/mol. The van der Waals surface area contributed by atoms with E-state index in [-0.39, 0.29) is 0 Å². The van der Waals surface area contributed by atoms with E-state index >= 15 is 0 Å². The number of benzene rings is 3. The lowest BCUT2D eigenvalue weighted by molar-refractivity contribution is 0.282. The summed E-state index contributed by atoms with van der Waals surface area (Å²) in [6, 6.07) is 17.6. The van der Waals surface area contributed by atoms with E-state index in [1.165, 1.54) is 13.3 Å². The largest absolute Gasteiger partial charge is 0.493 e. The average molecular weight is 515 g/mol. The number of nitrogens with zero attached hydrogens (tertiary/aromatic N) is 2. The fourth-order valence-corrected chi connectivity index (χ4v) is 3.77. The normalized spacial score (nSPS) is 11.2. The van der Waals surface area contributed by atoms with Crippen LogP contribution < -0.4 is 20.7 Å². The Morgan fingerprint density at radius 2 is 1.88 bits per heavy atom. The molecule has 0 unspecified atom stereocenters. The van der Waals surface area contributed by atoms with Crippen LogP contribution in [0, 0.1) is 0 Å². The quantitative estimate of drug-likeness (QED) is 0.382. The van der Waals surface area contributed by atoms with Crippen molar-refractivity contribution in [2.45, 2.75) is 6.61 Å². The van der Waals surface area contributed by atoms with Gasteiger partial charge in [0.15, 0.2) is 11.5 Å². The Morgan fingerprint density at radius 1 is 1.12 bits per heavy atom. The highest BCUT2D eigenvalue weighted by molar-refractivity contribution is 9.10. The summed E-state index contributed by atoms with van der Waals surface area (Å²) < 4.78 is 12.8. The minimum absolute atomic E-state index is 0.321. The van der Waals surface area contributed by atoms with Crippen molar-refractivity contribution in [3.8, 4) is 11.5 Å². The van der Waals surface area contributed by atoms with Crippen LogP contribution in [0.15, 0.2) is 79.8 Å².